The Labute approximate surface area is 100 Å². The van der Waals surface area contributed by atoms with Crippen LogP contribution in [-0.2, 0) is 9.53 Å². The first kappa shape index (κ1) is 13.2. The number of phenolic OH excluding ortho intramolecular Hbond substituents is 1. The molecule has 1 rings (SSSR count). The molecule has 92 valence electrons. The molecule has 0 saturated carbocycles. The topological polar surface area (TPSA) is 63.6 Å². The maximum atomic E-state index is 11.7. The molecule has 0 saturated heterocycles. The van der Waals surface area contributed by atoms with Crippen LogP contribution >= 0.6 is 0 Å². The number of hydrogen-bond acceptors (Lipinski definition) is 4. The van der Waals surface area contributed by atoms with E-state index < -0.39 is 0 Å². The number of Topliss-reactive ketones (excluding diaryl/α,β-unsaturated/α-hetero) is 1. The molecule has 1 aromatic carbocycles. The van der Waals surface area contributed by atoms with Crippen LogP contribution in [0.15, 0.2) is 24.3 Å². The van der Waals surface area contributed by atoms with Gasteiger partial charge >= 0.3 is 5.97 Å². The third-order valence-electron chi connectivity index (χ3n) is 2.26. The first-order chi connectivity index (χ1) is 8.13. The highest BCUT2D eigenvalue weighted by molar-refractivity contribution is 5.96. The molecule has 4 heteroatoms. The summed E-state index contributed by atoms with van der Waals surface area (Å²) in [7, 11) is 0. The molecule has 0 radical (unpaired) electrons. The van der Waals surface area contributed by atoms with E-state index >= 15 is 0 Å². The fourth-order valence-electron chi connectivity index (χ4n) is 1.45. The minimum absolute atomic E-state index is 0.0706. The Morgan fingerprint density at radius 2 is 2.06 bits per heavy atom. The summed E-state index contributed by atoms with van der Waals surface area (Å²) in [5, 5.41) is 9.22. The van der Waals surface area contributed by atoms with Crippen molar-refractivity contribution in [1.82, 2.24) is 0 Å². The van der Waals surface area contributed by atoms with Crippen molar-refractivity contribution < 1.29 is 19.4 Å². The summed E-state index contributed by atoms with van der Waals surface area (Å²) in [5.41, 5.74) is 0.467. The van der Waals surface area contributed by atoms with Crippen molar-refractivity contribution in [2.24, 2.45) is 0 Å². The van der Waals surface area contributed by atoms with Crippen LogP contribution in [0.5, 0.6) is 5.75 Å². The zero-order valence-electron chi connectivity index (χ0n) is 9.81. The minimum atomic E-state index is -0.281. The number of aromatic hydroxyl groups is 1. The normalized spacial score (nSPS) is 9.94. The number of esters is 1. The molecule has 1 aromatic rings. The van der Waals surface area contributed by atoms with Crippen molar-refractivity contribution in [3.8, 4) is 5.75 Å². The van der Waals surface area contributed by atoms with Crippen LogP contribution < -0.4 is 0 Å². The first-order valence-electron chi connectivity index (χ1n) is 5.61. The van der Waals surface area contributed by atoms with Crippen LogP contribution in [0.4, 0.5) is 0 Å². The van der Waals surface area contributed by atoms with Gasteiger partial charge in [0, 0.05) is 18.4 Å². The van der Waals surface area contributed by atoms with E-state index in [-0.39, 0.29) is 30.3 Å². The molecule has 0 amide bonds. The molecule has 0 fully saturated rings. The number of hydrogen-bond donors (Lipinski definition) is 1. The largest absolute Gasteiger partial charge is 0.508 e. The van der Waals surface area contributed by atoms with Gasteiger partial charge in [0.05, 0.1) is 6.61 Å². The van der Waals surface area contributed by atoms with E-state index in [0.29, 0.717) is 18.6 Å². The van der Waals surface area contributed by atoms with Gasteiger partial charge in [-0.2, -0.15) is 0 Å². The van der Waals surface area contributed by atoms with Gasteiger partial charge in [-0.05, 0) is 25.5 Å². The van der Waals surface area contributed by atoms with E-state index in [0.717, 1.165) is 0 Å². The minimum Gasteiger partial charge on any atom is -0.508 e. The van der Waals surface area contributed by atoms with Gasteiger partial charge in [-0.3, -0.25) is 9.59 Å². The summed E-state index contributed by atoms with van der Waals surface area (Å²) in [4.78, 5) is 22.7. The predicted octanol–water partition coefficient (Wildman–Crippen LogP) is 2.31. The number of ketones is 1. The van der Waals surface area contributed by atoms with Crippen LogP contribution in [0, 0.1) is 0 Å². The van der Waals surface area contributed by atoms with Crippen molar-refractivity contribution >= 4 is 11.8 Å². The fourth-order valence-corrected chi connectivity index (χ4v) is 1.45. The molecule has 0 aliphatic heterocycles. The standard InChI is InChI=1S/C13H16O4/c1-2-17-13(16)8-4-7-12(15)10-5-3-6-11(14)9-10/h3,5-6,9,14H,2,4,7-8H2,1H3. The van der Waals surface area contributed by atoms with Crippen LogP contribution in [0.3, 0.4) is 0 Å². The van der Waals surface area contributed by atoms with E-state index in [2.05, 4.69) is 0 Å². The Morgan fingerprint density at radius 1 is 1.29 bits per heavy atom. The lowest BCUT2D eigenvalue weighted by molar-refractivity contribution is -0.143. The maximum Gasteiger partial charge on any atom is 0.305 e. The molecular weight excluding hydrogens is 220 g/mol. The monoisotopic (exact) mass is 236 g/mol. The van der Waals surface area contributed by atoms with Crippen molar-refractivity contribution in [1.29, 1.82) is 0 Å². The van der Waals surface area contributed by atoms with E-state index in [1.54, 1.807) is 19.1 Å². The Balaban J connectivity index is 2.38. The average Bonchev–Trinajstić information content (AvgIpc) is 2.29. The lowest BCUT2D eigenvalue weighted by Gasteiger charge is -2.02. The number of ether oxygens (including phenoxy) is 1. The van der Waals surface area contributed by atoms with E-state index in [9.17, 15) is 14.7 Å². The van der Waals surface area contributed by atoms with E-state index in [4.69, 9.17) is 4.74 Å². The molecular formula is C13H16O4. The second-order valence-electron chi connectivity index (χ2n) is 3.63. The summed E-state index contributed by atoms with van der Waals surface area (Å²) in [6.45, 7) is 2.11. The van der Waals surface area contributed by atoms with Crippen molar-refractivity contribution in [3.05, 3.63) is 29.8 Å². The summed E-state index contributed by atoms with van der Waals surface area (Å²) < 4.78 is 4.76. The second-order valence-corrected chi connectivity index (χ2v) is 3.63. The van der Waals surface area contributed by atoms with Gasteiger partial charge < -0.3 is 9.84 Å². The van der Waals surface area contributed by atoms with Crippen molar-refractivity contribution in [2.75, 3.05) is 6.61 Å². The molecule has 0 heterocycles. The third kappa shape index (κ3) is 4.68. The van der Waals surface area contributed by atoms with Gasteiger partial charge in [0.25, 0.3) is 0 Å². The summed E-state index contributed by atoms with van der Waals surface area (Å²) in [5.74, 6) is -0.289. The highest BCUT2D eigenvalue weighted by Crippen LogP contribution is 2.13. The van der Waals surface area contributed by atoms with E-state index in [1.807, 2.05) is 0 Å². The SMILES string of the molecule is CCOC(=O)CCCC(=O)c1cccc(O)c1. The van der Waals surface area contributed by atoms with E-state index in [1.165, 1.54) is 12.1 Å². The molecule has 1 N–H and O–H groups in total. The van der Waals surface area contributed by atoms with Crippen LogP contribution in [0.2, 0.25) is 0 Å². The molecule has 0 atom stereocenters. The van der Waals surface area contributed by atoms with Crippen LogP contribution in [0.25, 0.3) is 0 Å². The Morgan fingerprint density at radius 3 is 2.71 bits per heavy atom. The summed E-state index contributed by atoms with van der Waals surface area (Å²) in [6.07, 6.45) is 0.994. The van der Waals surface area contributed by atoms with Gasteiger partial charge in [-0.15, -0.1) is 0 Å². The Bertz CT molecular complexity index is 398. The second kappa shape index (κ2) is 6.68. The smallest absolute Gasteiger partial charge is 0.305 e. The number of phenols is 1. The quantitative estimate of drug-likeness (QED) is 0.608. The lowest BCUT2D eigenvalue weighted by Crippen LogP contribution is -2.05. The molecule has 0 aliphatic rings. The number of carbonyl (C=O) groups excluding carboxylic acids is 2. The zero-order valence-corrected chi connectivity index (χ0v) is 9.81. The fraction of sp³-hybridized carbons (Fsp3) is 0.385. The predicted molar refractivity (Wildman–Crippen MR) is 62.9 cm³/mol. The molecule has 0 bridgehead atoms. The average molecular weight is 236 g/mol. The molecule has 0 aromatic heterocycles. The number of rotatable bonds is 6. The molecule has 4 nitrogen and oxygen atoms in total. The number of carbonyl (C=O) groups is 2. The third-order valence-corrected chi connectivity index (χ3v) is 2.26. The lowest BCUT2D eigenvalue weighted by atomic mass is 10.1. The molecule has 17 heavy (non-hydrogen) atoms. The van der Waals surface area contributed by atoms with Gasteiger partial charge in [-0.25, -0.2) is 0 Å². The van der Waals surface area contributed by atoms with Gasteiger partial charge in [-0.1, -0.05) is 12.1 Å². The highest BCUT2D eigenvalue weighted by Gasteiger charge is 2.08. The van der Waals surface area contributed by atoms with Gasteiger partial charge in [0.1, 0.15) is 5.75 Å². The van der Waals surface area contributed by atoms with Crippen LogP contribution in [0.1, 0.15) is 36.5 Å². The first-order valence-corrected chi connectivity index (χ1v) is 5.61. The maximum absolute atomic E-state index is 11.7. The van der Waals surface area contributed by atoms with Crippen molar-refractivity contribution in [3.63, 3.8) is 0 Å². The molecule has 0 aliphatic carbocycles. The molecule has 0 unspecified atom stereocenters. The van der Waals surface area contributed by atoms with Gasteiger partial charge in [0.15, 0.2) is 5.78 Å². The summed E-state index contributed by atoms with van der Waals surface area (Å²) in [6, 6.07) is 6.20. The number of benzene rings is 1. The Hall–Kier alpha value is -1.84. The van der Waals surface area contributed by atoms with Crippen molar-refractivity contribution in [2.45, 2.75) is 26.2 Å². The Kier molecular flexibility index (Phi) is 5.20. The summed E-state index contributed by atoms with van der Waals surface area (Å²) >= 11 is 0. The highest BCUT2D eigenvalue weighted by atomic mass is 16.5. The zero-order chi connectivity index (χ0) is 12.7. The van der Waals surface area contributed by atoms with Gasteiger partial charge in [0.2, 0.25) is 0 Å². The van der Waals surface area contributed by atoms with Crippen LogP contribution in [-0.4, -0.2) is 23.5 Å². The molecule has 0 spiro atoms.